The van der Waals surface area contributed by atoms with E-state index in [9.17, 15) is 31.5 Å². The monoisotopic (exact) mass is 327 g/mol. The van der Waals surface area contributed by atoms with Crippen molar-refractivity contribution in [2.24, 2.45) is 0 Å². The second-order valence-corrected chi connectivity index (χ2v) is 4.23. The smallest absolute Gasteiger partial charge is 0.434 e. The molecule has 0 aliphatic rings. The summed E-state index contributed by atoms with van der Waals surface area (Å²) in [5.41, 5.74) is -7.02. The van der Waals surface area contributed by atoms with Gasteiger partial charge >= 0.3 is 18.1 Å². The number of hydrogen-bond donors (Lipinski definition) is 2. The van der Waals surface area contributed by atoms with Crippen LogP contribution in [0.2, 0.25) is 0 Å². The van der Waals surface area contributed by atoms with Crippen LogP contribution in [0.3, 0.4) is 0 Å². The molecule has 0 aliphatic carbocycles. The van der Waals surface area contributed by atoms with Crippen molar-refractivity contribution in [1.29, 1.82) is 0 Å². The van der Waals surface area contributed by atoms with E-state index in [2.05, 4.69) is 4.98 Å². The Balaban J connectivity index is 3.98. The number of hydrogen-bond acceptors (Lipinski definition) is 3. The zero-order valence-corrected chi connectivity index (χ0v) is 11.0. The van der Waals surface area contributed by atoms with Gasteiger partial charge in [0.15, 0.2) is 5.69 Å². The van der Waals surface area contributed by atoms with E-state index in [4.69, 9.17) is 10.2 Å². The van der Waals surface area contributed by atoms with Crippen molar-refractivity contribution >= 4 is 11.9 Å². The van der Waals surface area contributed by atoms with Crippen molar-refractivity contribution in [3.05, 3.63) is 28.1 Å². The van der Waals surface area contributed by atoms with Crippen LogP contribution in [0.4, 0.5) is 22.0 Å². The SMILES string of the molecule is CCCc1c(C(=O)O)c(C(F)F)nc(C(F)(F)F)c1C(=O)O. The fourth-order valence-corrected chi connectivity index (χ4v) is 1.99. The first kappa shape index (κ1) is 17.8. The van der Waals surface area contributed by atoms with Gasteiger partial charge in [0.05, 0.1) is 11.1 Å². The second-order valence-electron chi connectivity index (χ2n) is 4.23. The summed E-state index contributed by atoms with van der Waals surface area (Å²) in [4.78, 5) is 24.8. The zero-order valence-electron chi connectivity index (χ0n) is 11.0. The van der Waals surface area contributed by atoms with Crippen LogP contribution in [0, 0.1) is 0 Å². The van der Waals surface area contributed by atoms with Gasteiger partial charge in [-0.2, -0.15) is 13.2 Å². The topological polar surface area (TPSA) is 87.5 Å². The highest BCUT2D eigenvalue weighted by molar-refractivity contribution is 5.98. The summed E-state index contributed by atoms with van der Waals surface area (Å²) in [5, 5.41) is 17.9. The summed E-state index contributed by atoms with van der Waals surface area (Å²) >= 11 is 0. The Morgan fingerprint density at radius 2 is 1.64 bits per heavy atom. The number of pyridine rings is 1. The molecule has 0 saturated carbocycles. The molecule has 5 nitrogen and oxygen atoms in total. The van der Waals surface area contributed by atoms with Crippen LogP contribution in [0.1, 0.15) is 57.4 Å². The van der Waals surface area contributed by atoms with Gasteiger partial charge in [-0.25, -0.2) is 23.4 Å². The molecule has 0 amide bonds. The summed E-state index contributed by atoms with van der Waals surface area (Å²) in [6, 6.07) is 0. The molecule has 0 bridgehead atoms. The quantitative estimate of drug-likeness (QED) is 0.810. The minimum absolute atomic E-state index is 0.0601. The highest BCUT2D eigenvalue weighted by atomic mass is 19.4. The van der Waals surface area contributed by atoms with Crippen molar-refractivity contribution in [1.82, 2.24) is 4.98 Å². The molecular formula is C12H10F5NO4. The molecule has 0 aliphatic heterocycles. The molecule has 0 radical (unpaired) electrons. The molecule has 0 spiro atoms. The predicted octanol–water partition coefficient (Wildman–Crippen LogP) is 3.39. The summed E-state index contributed by atoms with van der Waals surface area (Å²) in [7, 11) is 0. The molecule has 0 unspecified atom stereocenters. The van der Waals surface area contributed by atoms with Gasteiger partial charge in [-0.3, -0.25) is 0 Å². The molecule has 122 valence electrons. The molecule has 0 atom stereocenters. The molecule has 0 aromatic carbocycles. The summed E-state index contributed by atoms with van der Waals surface area (Å²) in [5.74, 6) is -4.03. The first-order valence-electron chi connectivity index (χ1n) is 5.91. The lowest BCUT2D eigenvalue weighted by Crippen LogP contribution is -2.23. The molecule has 0 saturated heterocycles. The van der Waals surface area contributed by atoms with Crippen molar-refractivity contribution in [3.8, 4) is 0 Å². The van der Waals surface area contributed by atoms with E-state index < -0.39 is 59.0 Å². The van der Waals surface area contributed by atoms with Gasteiger partial charge in [0, 0.05) is 0 Å². The maximum absolute atomic E-state index is 12.9. The maximum atomic E-state index is 12.9. The van der Waals surface area contributed by atoms with Gasteiger partial charge in [0.1, 0.15) is 5.69 Å². The highest BCUT2D eigenvalue weighted by Crippen LogP contribution is 2.37. The normalized spacial score (nSPS) is 11.8. The largest absolute Gasteiger partial charge is 0.478 e. The van der Waals surface area contributed by atoms with Gasteiger partial charge in [0.2, 0.25) is 0 Å². The van der Waals surface area contributed by atoms with Crippen LogP contribution in [-0.4, -0.2) is 27.1 Å². The number of rotatable bonds is 5. The first-order valence-corrected chi connectivity index (χ1v) is 5.91. The fourth-order valence-electron chi connectivity index (χ4n) is 1.99. The van der Waals surface area contributed by atoms with Crippen LogP contribution in [0.15, 0.2) is 0 Å². The Kier molecular flexibility index (Phi) is 5.05. The molecule has 1 aromatic rings. The Bertz CT molecular complexity index is 613. The average Bonchev–Trinajstić information content (AvgIpc) is 2.35. The van der Waals surface area contributed by atoms with Crippen LogP contribution >= 0.6 is 0 Å². The summed E-state index contributed by atoms with van der Waals surface area (Å²) in [6.45, 7) is 1.44. The standard InChI is InChI=1S/C12H10F5NO4/c1-2-3-4-5(10(19)20)7(9(13)14)18-8(12(15,16)17)6(4)11(21)22/h9H,2-3H2,1H3,(H,19,20)(H,21,22). The Labute approximate surface area is 120 Å². The van der Waals surface area contributed by atoms with Crippen molar-refractivity contribution in [2.75, 3.05) is 0 Å². The minimum atomic E-state index is -5.31. The summed E-state index contributed by atoms with van der Waals surface area (Å²) in [6.07, 6.45) is -9.26. The number of carboxylic acid groups (broad SMARTS) is 2. The van der Waals surface area contributed by atoms with Gasteiger partial charge < -0.3 is 10.2 Å². The number of nitrogens with zero attached hydrogens (tertiary/aromatic N) is 1. The van der Waals surface area contributed by atoms with Crippen LogP contribution in [-0.2, 0) is 12.6 Å². The molecule has 1 aromatic heterocycles. The van der Waals surface area contributed by atoms with Gasteiger partial charge in [-0.05, 0) is 12.0 Å². The minimum Gasteiger partial charge on any atom is -0.478 e. The predicted molar refractivity (Wildman–Crippen MR) is 62.1 cm³/mol. The lowest BCUT2D eigenvalue weighted by molar-refractivity contribution is -0.142. The lowest BCUT2D eigenvalue weighted by atomic mass is 9.94. The van der Waals surface area contributed by atoms with Crippen molar-refractivity contribution < 1.29 is 41.8 Å². The van der Waals surface area contributed by atoms with E-state index in [-0.39, 0.29) is 6.42 Å². The molecule has 10 heteroatoms. The number of halogens is 5. The number of carboxylic acids is 2. The number of aromatic carboxylic acids is 2. The molecule has 0 fully saturated rings. The van der Waals surface area contributed by atoms with Gasteiger partial charge in [0.25, 0.3) is 6.43 Å². The average molecular weight is 327 g/mol. The third-order valence-corrected chi connectivity index (χ3v) is 2.73. The number of aromatic nitrogens is 1. The molecule has 2 N–H and O–H groups in total. The van der Waals surface area contributed by atoms with E-state index in [0.29, 0.717) is 0 Å². The third kappa shape index (κ3) is 3.31. The molecule has 22 heavy (non-hydrogen) atoms. The van der Waals surface area contributed by atoms with Crippen LogP contribution in [0.5, 0.6) is 0 Å². The number of carbonyl (C=O) groups is 2. The summed E-state index contributed by atoms with van der Waals surface area (Å²) < 4.78 is 64.4. The molecule has 1 rings (SSSR count). The van der Waals surface area contributed by atoms with E-state index >= 15 is 0 Å². The van der Waals surface area contributed by atoms with Crippen LogP contribution in [0.25, 0.3) is 0 Å². The fraction of sp³-hybridized carbons (Fsp3) is 0.417. The number of alkyl halides is 5. The Morgan fingerprint density at radius 1 is 1.14 bits per heavy atom. The van der Waals surface area contributed by atoms with Gasteiger partial charge in [-0.15, -0.1) is 0 Å². The molecular weight excluding hydrogens is 317 g/mol. The van der Waals surface area contributed by atoms with Crippen LogP contribution < -0.4 is 0 Å². The maximum Gasteiger partial charge on any atom is 0.434 e. The molecule has 1 heterocycles. The van der Waals surface area contributed by atoms with Crippen molar-refractivity contribution in [2.45, 2.75) is 32.4 Å². The second kappa shape index (κ2) is 6.24. The Hall–Kier alpha value is -2.26. The van der Waals surface area contributed by atoms with E-state index in [1.165, 1.54) is 6.92 Å². The van der Waals surface area contributed by atoms with E-state index in [1.807, 2.05) is 0 Å². The highest BCUT2D eigenvalue weighted by Gasteiger charge is 2.42. The van der Waals surface area contributed by atoms with Gasteiger partial charge in [-0.1, -0.05) is 13.3 Å². The first-order chi connectivity index (χ1) is 10.0. The van der Waals surface area contributed by atoms with E-state index in [1.54, 1.807) is 0 Å². The van der Waals surface area contributed by atoms with Crippen molar-refractivity contribution in [3.63, 3.8) is 0 Å². The van der Waals surface area contributed by atoms with E-state index in [0.717, 1.165) is 0 Å². The third-order valence-electron chi connectivity index (χ3n) is 2.73. The lowest BCUT2D eigenvalue weighted by Gasteiger charge is -2.18. The Morgan fingerprint density at radius 3 is 1.95 bits per heavy atom. The zero-order chi connectivity index (χ0) is 17.2.